The maximum atomic E-state index is 2.45. The predicted molar refractivity (Wildman–Crippen MR) is 163 cm³/mol. The highest BCUT2D eigenvalue weighted by Crippen LogP contribution is 2.55. The summed E-state index contributed by atoms with van der Waals surface area (Å²) in [6.45, 7) is 6.99. The van der Waals surface area contributed by atoms with Gasteiger partial charge in [-0.2, -0.15) is 0 Å². The number of benzene rings is 5. The minimum absolute atomic E-state index is 0.250. The highest BCUT2D eigenvalue weighted by molar-refractivity contribution is 6.01. The molecule has 0 saturated heterocycles. The van der Waals surface area contributed by atoms with E-state index in [2.05, 4.69) is 142 Å². The molecule has 0 amide bonds. The van der Waals surface area contributed by atoms with Crippen molar-refractivity contribution in [1.82, 2.24) is 0 Å². The standard InChI is InChI=1S/C38H31/c1-24(2)34-23-28-16-10-18-30(27-12-5-4-6-13-27)37(28)38(34)36-25(3)22-35-32(20-11-21-33(35)36)31-19-9-15-26-14-7-8-17-29(26)31/h4-24,36H,1-3H3. The first-order valence-electron chi connectivity index (χ1n) is 13.7. The van der Waals surface area contributed by atoms with Crippen LogP contribution in [-0.4, -0.2) is 0 Å². The summed E-state index contributed by atoms with van der Waals surface area (Å²) in [6.07, 6.45) is 4.90. The van der Waals surface area contributed by atoms with Gasteiger partial charge in [0.15, 0.2) is 0 Å². The summed E-state index contributed by atoms with van der Waals surface area (Å²) in [5.41, 5.74) is 15.2. The van der Waals surface area contributed by atoms with E-state index in [9.17, 15) is 0 Å². The number of hydrogen-bond acceptors (Lipinski definition) is 0. The van der Waals surface area contributed by atoms with Crippen molar-refractivity contribution in [1.29, 1.82) is 0 Å². The van der Waals surface area contributed by atoms with Gasteiger partial charge >= 0.3 is 0 Å². The van der Waals surface area contributed by atoms with Gasteiger partial charge in [0, 0.05) is 12.3 Å². The molecule has 183 valence electrons. The van der Waals surface area contributed by atoms with Crippen LogP contribution < -0.4 is 0 Å². The Bertz CT molecular complexity index is 1760. The van der Waals surface area contributed by atoms with Crippen LogP contribution in [0.2, 0.25) is 0 Å². The second-order valence-corrected chi connectivity index (χ2v) is 11.0. The molecule has 0 heterocycles. The van der Waals surface area contributed by atoms with Crippen molar-refractivity contribution in [3.05, 3.63) is 149 Å². The van der Waals surface area contributed by atoms with Crippen molar-refractivity contribution in [3.8, 4) is 22.3 Å². The van der Waals surface area contributed by atoms with Crippen molar-refractivity contribution >= 4 is 22.4 Å². The first-order chi connectivity index (χ1) is 18.6. The van der Waals surface area contributed by atoms with E-state index in [0.29, 0.717) is 5.92 Å². The van der Waals surface area contributed by atoms with E-state index in [1.807, 2.05) is 0 Å². The fraction of sp³-hybridized carbons (Fsp3) is 0.132. The summed E-state index contributed by atoms with van der Waals surface area (Å²) in [7, 11) is 0. The largest absolute Gasteiger partial charge is 0.0622 e. The quantitative estimate of drug-likeness (QED) is 0.236. The summed E-state index contributed by atoms with van der Waals surface area (Å²) in [6, 6.07) is 40.0. The molecule has 0 aromatic heterocycles. The number of fused-ring (bicyclic) bond motifs is 3. The van der Waals surface area contributed by atoms with Gasteiger partial charge in [-0.25, -0.2) is 0 Å². The third-order valence-electron chi connectivity index (χ3n) is 8.34. The Morgan fingerprint density at radius 2 is 1.32 bits per heavy atom. The van der Waals surface area contributed by atoms with Crippen molar-refractivity contribution in [3.63, 3.8) is 0 Å². The first-order valence-corrected chi connectivity index (χ1v) is 13.7. The molecule has 7 rings (SSSR count). The molecule has 0 aliphatic heterocycles. The summed E-state index contributed by atoms with van der Waals surface area (Å²) >= 11 is 0. The summed E-state index contributed by atoms with van der Waals surface area (Å²) in [4.78, 5) is 0. The van der Waals surface area contributed by atoms with Crippen molar-refractivity contribution in [2.45, 2.75) is 26.7 Å². The van der Waals surface area contributed by atoms with Gasteiger partial charge in [-0.1, -0.05) is 140 Å². The molecule has 0 saturated carbocycles. The smallest absolute Gasteiger partial charge is 0.0311 e. The fourth-order valence-electron chi connectivity index (χ4n) is 6.66. The van der Waals surface area contributed by atoms with Gasteiger partial charge in [-0.05, 0) is 73.7 Å². The van der Waals surface area contributed by atoms with Crippen molar-refractivity contribution < 1.29 is 0 Å². The number of allylic oxidation sites excluding steroid dienone is 3. The highest BCUT2D eigenvalue weighted by atomic mass is 14.4. The van der Waals surface area contributed by atoms with Gasteiger partial charge in [0.05, 0.1) is 0 Å². The van der Waals surface area contributed by atoms with Gasteiger partial charge in [0.1, 0.15) is 0 Å². The zero-order valence-electron chi connectivity index (χ0n) is 22.2. The molecule has 1 atom stereocenters. The van der Waals surface area contributed by atoms with Crippen LogP contribution in [-0.2, 0) is 0 Å². The minimum atomic E-state index is 0.250. The summed E-state index contributed by atoms with van der Waals surface area (Å²) < 4.78 is 0. The normalized spacial score (nSPS) is 16.2. The number of hydrogen-bond donors (Lipinski definition) is 0. The van der Waals surface area contributed by atoms with E-state index in [1.54, 1.807) is 0 Å². The Morgan fingerprint density at radius 1 is 0.632 bits per heavy atom. The molecule has 0 bridgehead atoms. The van der Waals surface area contributed by atoms with Gasteiger partial charge in [0.2, 0.25) is 0 Å². The zero-order valence-corrected chi connectivity index (χ0v) is 22.2. The lowest BCUT2D eigenvalue weighted by molar-refractivity contribution is 0.780. The molecule has 0 fully saturated rings. The molecular formula is C38H31. The maximum Gasteiger partial charge on any atom is 0.0311 e. The van der Waals surface area contributed by atoms with Crippen LogP contribution in [0, 0.1) is 12.3 Å². The fourth-order valence-corrected chi connectivity index (χ4v) is 6.66. The maximum absolute atomic E-state index is 2.45. The van der Waals surface area contributed by atoms with Crippen LogP contribution in [0.4, 0.5) is 0 Å². The summed E-state index contributed by atoms with van der Waals surface area (Å²) in [5, 5.41) is 2.60. The van der Waals surface area contributed by atoms with E-state index in [1.165, 1.54) is 72.0 Å². The molecule has 38 heavy (non-hydrogen) atoms. The Balaban J connectivity index is 1.45. The predicted octanol–water partition coefficient (Wildman–Crippen LogP) is 10.4. The van der Waals surface area contributed by atoms with Gasteiger partial charge in [-0.15, -0.1) is 0 Å². The lowest BCUT2D eigenvalue weighted by atomic mass is 9.79. The first kappa shape index (κ1) is 23.0. The lowest BCUT2D eigenvalue weighted by Crippen LogP contribution is -2.05. The Kier molecular flexibility index (Phi) is 5.44. The Labute approximate surface area is 226 Å². The zero-order chi connectivity index (χ0) is 25.8. The van der Waals surface area contributed by atoms with Crippen LogP contribution in [0.5, 0.6) is 0 Å². The molecule has 0 N–H and O–H groups in total. The summed E-state index contributed by atoms with van der Waals surface area (Å²) in [5.74, 6) is 0.693. The average molecular weight is 488 g/mol. The van der Waals surface area contributed by atoms with Crippen LogP contribution in [0.15, 0.2) is 120 Å². The van der Waals surface area contributed by atoms with E-state index in [0.717, 1.165) is 0 Å². The molecule has 2 aliphatic rings. The second kappa shape index (κ2) is 8.99. The molecule has 1 unspecified atom stereocenters. The van der Waals surface area contributed by atoms with E-state index in [-0.39, 0.29) is 5.92 Å². The molecule has 5 aromatic rings. The van der Waals surface area contributed by atoms with Gasteiger partial charge in [-0.3, -0.25) is 0 Å². The van der Waals surface area contributed by atoms with Crippen molar-refractivity contribution in [2.75, 3.05) is 0 Å². The van der Waals surface area contributed by atoms with Gasteiger partial charge < -0.3 is 0 Å². The molecular weight excluding hydrogens is 456 g/mol. The van der Waals surface area contributed by atoms with Crippen LogP contribution in [0.1, 0.15) is 48.9 Å². The second-order valence-electron chi connectivity index (χ2n) is 11.0. The van der Waals surface area contributed by atoms with Crippen LogP contribution in [0.25, 0.3) is 44.7 Å². The monoisotopic (exact) mass is 487 g/mol. The van der Waals surface area contributed by atoms with Crippen LogP contribution >= 0.6 is 0 Å². The Hall–Kier alpha value is -4.16. The molecule has 0 heteroatoms. The van der Waals surface area contributed by atoms with E-state index in [4.69, 9.17) is 0 Å². The molecule has 2 aliphatic carbocycles. The molecule has 0 nitrogen and oxygen atoms in total. The van der Waals surface area contributed by atoms with E-state index < -0.39 is 0 Å². The van der Waals surface area contributed by atoms with Crippen LogP contribution in [0.3, 0.4) is 0 Å². The SMILES string of the molecule is CC1=Cc2c(-c3cccc4ccccc34)cccc2C1C1=C(C(C)C)[CH]c2cccc(-c3ccccc3)c21. The average Bonchev–Trinajstić information content (AvgIpc) is 3.50. The minimum Gasteiger partial charge on any atom is -0.0622 e. The molecule has 0 spiro atoms. The Morgan fingerprint density at radius 3 is 2.16 bits per heavy atom. The van der Waals surface area contributed by atoms with Crippen molar-refractivity contribution in [2.24, 2.45) is 5.92 Å². The van der Waals surface area contributed by atoms with E-state index >= 15 is 0 Å². The topological polar surface area (TPSA) is 0 Å². The van der Waals surface area contributed by atoms with Gasteiger partial charge in [0.25, 0.3) is 0 Å². The third kappa shape index (κ3) is 3.51. The molecule has 1 radical (unpaired) electrons. The third-order valence-corrected chi connectivity index (χ3v) is 8.34. The lowest BCUT2D eigenvalue weighted by Gasteiger charge is -2.24. The highest BCUT2D eigenvalue weighted by Gasteiger charge is 2.36. The molecule has 5 aromatic carbocycles. The number of rotatable bonds is 4.